The van der Waals surface area contributed by atoms with Crippen molar-refractivity contribution in [3.63, 3.8) is 0 Å². The van der Waals surface area contributed by atoms with E-state index in [1.807, 2.05) is 0 Å². The number of hydrogen-bond donors (Lipinski definition) is 1. The maximum atomic E-state index is 13.9. The molecule has 1 unspecified atom stereocenters. The van der Waals surface area contributed by atoms with E-state index < -0.39 is 5.82 Å². The zero-order chi connectivity index (χ0) is 17.0. The average Bonchev–Trinajstić information content (AvgIpc) is 2.53. The number of halogens is 1. The van der Waals surface area contributed by atoms with E-state index in [9.17, 15) is 18.8 Å². The van der Waals surface area contributed by atoms with Gasteiger partial charge in [0, 0.05) is 23.5 Å². The van der Waals surface area contributed by atoms with Crippen LogP contribution in [0, 0.1) is 11.7 Å². The van der Waals surface area contributed by atoms with Gasteiger partial charge in [0.25, 0.3) is 0 Å². The summed E-state index contributed by atoms with van der Waals surface area (Å²) in [6.07, 6.45) is 1.44. The van der Waals surface area contributed by atoms with Crippen LogP contribution in [0.1, 0.15) is 30.1 Å². The first-order valence-electron chi connectivity index (χ1n) is 7.39. The molecule has 1 aliphatic heterocycles. The number of rotatable bonds is 5. The number of primary amides is 1. The molecule has 7 heteroatoms. The maximum absolute atomic E-state index is 13.9. The first-order chi connectivity index (χ1) is 10.9. The Morgan fingerprint density at radius 3 is 2.74 bits per heavy atom. The lowest BCUT2D eigenvalue weighted by atomic mass is 9.97. The van der Waals surface area contributed by atoms with Crippen molar-refractivity contribution in [1.29, 1.82) is 0 Å². The third-order valence-electron chi connectivity index (χ3n) is 3.87. The predicted octanol–water partition coefficient (Wildman–Crippen LogP) is 1.84. The molecule has 2 amide bonds. The molecule has 1 aromatic rings. The van der Waals surface area contributed by atoms with Gasteiger partial charge >= 0.3 is 0 Å². The standard InChI is InChI=1S/C16H19FN2O3S/c1-10(20)11-4-5-14(13(17)7-11)23-9-15(21)19-6-2-3-12(8-19)16(18)22/h4-5,7,12H,2-3,6,8-9H2,1H3,(H2,18,22). The van der Waals surface area contributed by atoms with E-state index in [4.69, 9.17) is 5.73 Å². The van der Waals surface area contributed by atoms with Crippen LogP contribution < -0.4 is 5.73 Å². The van der Waals surface area contributed by atoms with Gasteiger partial charge in [0.1, 0.15) is 5.82 Å². The number of carbonyl (C=O) groups excluding carboxylic acids is 3. The van der Waals surface area contributed by atoms with Crippen LogP contribution in [-0.2, 0) is 9.59 Å². The molecule has 23 heavy (non-hydrogen) atoms. The van der Waals surface area contributed by atoms with Gasteiger partial charge in [-0.25, -0.2) is 4.39 Å². The van der Waals surface area contributed by atoms with Gasteiger partial charge in [-0.3, -0.25) is 14.4 Å². The molecule has 0 bridgehead atoms. The minimum absolute atomic E-state index is 0.0851. The number of Topliss-reactive ketones (excluding diaryl/α,β-unsaturated/α-hetero) is 1. The Morgan fingerprint density at radius 1 is 1.39 bits per heavy atom. The molecule has 0 radical (unpaired) electrons. The van der Waals surface area contributed by atoms with E-state index in [0.717, 1.165) is 18.2 Å². The van der Waals surface area contributed by atoms with Gasteiger partial charge in [-0.2, -0.15) is 0 Å². The minimum Gasteiger partial charge on any atom is -0.369 e. The van der Waals surface area contributed by atoms with Crippen LogP contribution in [0.4, 0.5) is 4.39 Å². The van der Waals surface area contributed by atoms with E-state index in [0.29, 0.717) is 30.0 Å². The summed E-state index contributed by atoms with van der Waals surface area (Å²) in [5.41, 5.74) is 5.60. The van der Waals surface area contributed by atoms with Crippen LogP contribution in [0.15, 0.2) is 23.1 Å². The summed E-state index contributed by atoms with van der Waals surface area (Å²) in [5.74, 6) is -1.46. The Balaban J connectivity index is 1.94. The molecule has 124 valence electrons. The summed E-state index contributed by atoms with van der Waals surface area (Å²) in [7, 11) is 0. The Hall–Kier alpha value is -1.89. The molecule has 1 aliphatic rings. The van der Waals surface area contributed by atoms with Crippen molar-refractivity contribution in [3.8, 4) is 0 Å². The smallest absolute Gasteiger partial charge is 0.232 e. The number of carbonyl (C=O) groups is 3. The number of thioether (sulfide) groups is 1. The molecular formula is C16H19FN2O3S. The zero-order valence-corrected chi connectivity index (χ0v) is 13.7. The van der Waals surface area contributed by atoms with Crippen molar-refractivity contribution in [2.45, 2.75) is 24.7 Å². The highest BCUT2D eigenvalue weighted by Crippen LogP contribution is 2.24. The average molecular weight is 338 g/mol. The fourth-order valence-electron chi connectivity index (χ4n) is 2.50. The first-order valence-corrected chi connectivity index (χ1v) is 8.37. The number of ketones is 1. The van der Waals surface area contributed by atoms with Gasteiger partial charge in [0.05, 0.1) is 11.7 Å². The summed E-state index contributed by atoms with van der Waals surface area (Å²) in [5, 5.41) is 0. The van der Waals surface area contributed by atoms with Crippen molar-refractivity contribution < 1.29 is 18.8 Å². The van der Waals surface area contributed by atoms with Gasteiger partial charge in [-0.15, -0.1) is 11.8 Å². The molecular weight excluding hydrogens is 319 g/mol. The number of piperidine rings is 1. The minimum atomic E-state index is -0.510. The summed E-state index contributed by atoms with van der Waals surface area (Å²) in [4.78, 5) is 36.6. The fourth-order valence-corrected chi connectivity index (χ4v) is 3.33. The number of hydrogen-bond acceptors (Lipinski definition) is 4. The second-order valence-electron chi connectivity index (χ2n) is 5.57. The van der Waals surface area contributed by atoms with E-state index in [1.165, 1.54) is 19.1 Å². The quantitative estimate of drug-likeness (QED) is 0.656. The highest BCUT2D eigenvalue weighted by atomic mass is 32.2. The Labute approximate surface area is 138 Å². The third-order valence-corrected chi connectivity index (χ3v) is 4.90. The predicted molar refractivity (Wildman–Crippen MR) is 85.6 cm³/mol. The second kappa shape index (κ2) is 7.59. The van der Waals surface area contributed by atoms with Crippen molar-refractivity contribution >= 4 is 29.4 Å². The number of benzene rings is 1. The summed E-state index contributed by atoms with van der Waals surface area (Å²) in [6.45, 7) is 2.30. The molecule has 0 spiro atoms. The molecule has 1 atom stereocenters. The maximum Gasteiger partial charge on any atom is 0.232 e. The number of nitrogens with zero attached hydrogens (tertiary/aromatic N) is 1. The van der Waals surface area contributed by atoms with Crippen molar-refractivity contribution in [1.82, 2.24) is 4.90 Å². The monoisotopic (exact) mass is 338 g/mol. The molecule has 1 saturated heterocycles. The van der Waals surface area contributed by atoms with E-state index >= 15 is 0 Å². The van der Waals surface area contributed by atoms with Crippen molar-refractivity contribution in [2.75, 3.05) is 18.8 Å². The molecule has 1 aromatic carbocycles. The van der Waals surface area contributed by atoms with Gasteiger partial charge in [-0.05, 0) is 31.9 Å². The first kappa shape index (κ1) is 17.5. The van der Waals surface area contributed by atoms with Gasteiger partial charge in [0.15, 0.2) is 5.78 Å². The molecule has 0 aromatic heterocycles. The van der Waals surface area contributed by atoms with Crippen LogP contribution >= 0.6 is 11.8 Å². The molecule has 1 heterocycles. The van der Waals surface area contributed by atoms with Gasteiger partial charge in [-0.1, -0.05) is 6.07 Å². The molecule has 5 nitrogen and oxygen atoms in total. The van der Waals surface area contributed by atoms with Gasteiger partial charge < -0.3 is 10.6 Å². The van der Waals surface area contributed by atoms with Crippen molar-refractivity contribution in [2.24, 2.45) is 11.7 Å². The Morgan fingerprint density at radius 2 is 2.13 bits per heavy atom. The molecule has 2 rings (SSSR count). The topological polar surface area (TPSA) is 80.5 Å². The van der Waals surface area contributed by atoms with Crippen LogP contribution in [0.3, 0.4) is 0 Å². The molecule has 1 fully saturated rings. The number of amides is 2. The van der Waals surface area contributed by atoms with Crippen LogP contribution in [0.5, 0.6) is 0 Å². The summed E-state index contributed by atoms with van der Waals surface area (Å²) >= 11 is 1.09. The highest BCUT2D eigenvalue weighted by Gasteiger charge is 2.26. The van der Waals surface area contributed by atoms with E-state index in [-0.39, 0.29) is 29.3 Å². The van der Waals surface area contributed by atoms with Gasteiger partial charge in [0.2, 0.25) is 11.8 Å². The molecule has 0 saturated carbocycles. The largest absolute Gasteiger partial charge is 0.369 e. The lowest BCUT2D eigenvalue weighted by Crippen LogP contribution is -2.44. The van der Waals surface area contributed by atoms with Crippen molar-refractivity contribution in [3.05, 3.63) is 29.6 Å². The SMILES string of the molecule is CC(=O)c1ccc(SCC(=O)N2CCCC(C(N)=O)C2)c(F)c1. The summed E-state index contributed by atoms with van der Waals surface area (Å²) < 4.78 is 13.9. The lowest BCUT2D eigenvalue weighted by molar-refractivity contribution is -0.132. The third kappa shape index (κ3) is 4.54. The second-order valence-corrected chi connectivity index (χ2v) is 6.59. The van der Waals surface area contributed by atoms with E-state index in [2.05, 4.69) is 0 Å². The molecule has 2 N–H and O–H groups in total. The highest BCUT2D eigenvalue weighted by molar-refractivity contribution is 8.00. The fraction of sp³-hybridized carbons (Fsp3) is 0.438. The van der Waals surface area contributed by atoms with Crippen LogP contribution in [0.2, 0.25) is 0 Å². The van der Waals surface area contributed by atoms with Crippen LogP contribution in [-0.4, -0.2) is 41.3 Å². The summed E-state index contributed by atoms with van der Waals surface area (Å²) in [6, 6.07) is 4.23. The lowest BCUT2D eigenvalue weighted by Gasteiger charge is -2.31. The molecule has 0 aliphatic carbocycles. The normalized spacial score (nSPS) is 17.8. The number of likely N-dealkylation sites (tertiary alicyclic amines) is 1. The number of nitrogens with two attached hydrogens (primary N) is 1. The Kier molecular flexibility index (Phi) is 5.76. The van der Waals surface area contributed by atoms with E-state index in [1.54, 1.807) is 11.0 Å². The van der Waals surface area contributed by atoms with Crippen LogP contribution in [0.25, 0.3) is 0 Å². The Bertz CT molecular complexity index is 636. The zero-order valence-electron chi connectivity index (χ0n) is 12.9.